The van der Waals surface area contributed by atoms with Crippen molar-refractivity contribution >= 4 is 29.5 Å². The van der Waals surface area contributed by atoms with Gasteiger partial charge in [-0.2, -0.15) is 0 Å². The lowest BCUT2D eigenvalue weighted by Crippen LogP contribution is -2.58. The van der Waals surface area contributed by atoms with Gasteiger partial charge in [-0.05, 0) is 56.6 Å². The quantitative estimate of drug-likeness (QED) is 0.128. The first kappa shape index (κ1) is 39.5. The zero-order valence-electron chi connectivity index (χ0n) is 28.7. The third-order valence-electron chi connectivity index (χ3n) is 7.68. The summed E-state index contributed by atoms with van der Waals surface area (Å²) in [6, 6.07) is 0.0565. The standard InChI is InChI=1S/C33H57N7O5/c1-10-14-26(38-33(45)28(22(8)11-2)40-30(42)24-15-13-16-34-18-24)31(43)37-25(17-20(4)5)19-36-23(9)29(41)39-27(21(6)7)32(44)35-12-3/h13,15-16,18,20-23,25-28,36H,10-12,14,17,19H2,1-9H3,(H,35,44)(H,37,43)(H,38,45)(H,39,41)(H,40,42)/t22-,23-,25-,26-,27-,28-/m0/s1. The number of amides is 5. The molecule has 5 amide bonds. The molecule has 254 valence electrons. The smallest absolute Gasteiger partial charge is 0.253 e. The molecule has 0 aliphatic heterocycles. The van der Waals surface area contributed by atoms with E-state index in [9.17, 15) is 24.0 Å². The Hall–Kier alpha value is -3.54. The van der Waals surface area contributed by atoms with E-state index >= 15 is 0 Å². The molecule has 0 saturated heterocycles. The molecule has 1 aromatic rings. The number of nitrogens with one attached hydrogen (secondary N) is 6. The molecule has 12 heteroatoms. The summed E-state index contributed by atoms with van der Waals surface area (Å²) in [6.07, 6.45) is 5.36. The van der Waals surface area contributed by atoms with Gasteiger partial charge in [0.2, 0.25) is 23.6 Å². The minimum absolute atomic E-state index is 0.0880. The summed E-state index contributed by atoms with van der Waals surface area (Å²) in [5, 5.41) is 17.6. The Morgan fingerprint density at radius 3 is 2.02 bits per heavy atom. The number of carbonyl (C=O) groups excluding carboxylic acids is 5. The van der Waals surface area contributed by atoms with Gasteiger partial charge < -0.3 is 31.9 Å². The molecular formula is C33H57N7O5. The van der Waals surface area contributed by atoms with E-state index in [2.05, 4.69) is 36.9 Å². The molecular weight excluding hydrogens is 574 g/mol. The van der Waals surface area contributed by atoms with Crippen molar-refractivity contribution in [1.29, 1.82) is 0 Å². The molecule has 0 spiro atoms. The fourth-order valence-corrected chi connectivity index (χ4v) is 4.82. The number of pyridine rings is 1. The maximum atomic E-state index is 13.5. The van der Waals surface area contributed by atoms with Gasteiger partial charge in [0, 0.05) is 31.5 Å². The lowest BCUT2D eigenvalue weighted by atomic mass is 9.97. The minimum atomic E-state index is -0.837. The van der Waals surface area contributed by atoms with Crippen molar-refractivity contribution in [1.82, 2.24) is 36.9 Å². The van der Waals surface area contributed by atoms with Crippen molar-refractivity contribution in [2.75, 3.05) is 13.1 Å². The van der Waals surface area contributed by atoms with Gasteiger partial charge in [0.15, 0.2) is 0 Å². The first-order valence-electron chi connectivity index (χ1n) is 16.4. The summed E-state index contributed by atoms with van der Waals surface area (Å²) in [5.74, 6) is -1.71. The second kappa shape index (κ2) is 20.5. The van der Waals surface area contributed by atoms with Crippen molar-refractivity contribution in [3.8, 4) is 0 Å². The normalized spacial score (nSPS) is 15.3. The fraction of sp³-hybridized carbons (Fsp3) is 0.697. The molecule has 0 bridgehead atoms. The second-order valence-electron chi connectivity index (χ2n) is 12.5. The molecule has 6 atom stereocenters. The molecule has 1 heterocycles. The van der Waals surface area contributed by atoms with Crippen LogP contribution >= 0.6 is 0 Å². The van der Waals surface area contributed by atoms with Crippen LogP contribution in [0.25, 0.3) is 0 Å². The molecule has 0 saturated carbocycles. The third-order valence-corrected chi connectivity index (χ3v) is 7.68. The highest BCUT2D eigenvalue weighted by molar-refractivity contribution is 5.98. The highest BCUT2D eigenvalue weighted by Gasteiger charge is 2.31. The van der Waals surface area contributed by atoms with Crippen LogP contribution in [0.3, 0.4) is 0 Å². The summed E-state index contributed by atoms with van der Waals surface area (Å²) in [6.45, 7) is 17.9. The second-order valence-corrected chi connectivity index (χ2v) is 12.5. The number of aromatic nitrogens is 1. The number of hydrogen-bond donors (Lipinski definition) is 6. The Balaban J connectivity index is 2.96. The molecule has 6 N–H and O–H groups in total. The van der Waals surface area contributed by atoms with E-state index in [1.54, 1.807) is 25.3 Å². The van der Waals surface area contributed by atoms with E-state index in [4.69, 9.17) is 0 Å². The van der Waals surface area contributed by atoms with Crippen molar-refractivity contribution in [2.45, 2.75) is 118 Å². The topological polar surface area (TPSA) is 170 Å². The van der Waals surface area contributed by atoms with E-state index in [0.29, 0.717) is 44.3 Å². The van der Waals surface area contributed by atoms with Crippen LogP contribution in [0.4, 0.5) is 0 Å². The van der Waals surface area contributed by atoms with Crippen LogP contribution < -0.4 is 31.9 Å². The Bertz CT molecular complexity index is 1080. The van der Waals surface area contributed by atoms with E-state index in [1.807, 2.05) is 55.4 Å². The zero-order chi connectivity index (χ0) is 34.1. The molecule has 45 heavy (non-hydrogen) atoms. The van der Waals surface area contributed by atoms with E-state index in [-0.39, 0.29) is 41.5 Å². The maximum absolute atomic E-state index is 13.5. The zero-order valence-corrected chi connectivity index (χ0v) is 28.7. The van der Waals surface area contributed by atoms with Crippen LogP contribution in [0.1, 0.15) is 98.4 Å². The number of likely N-dealkylation sites (N-methyl/N-ethyl adjacent to an activating group) is 1. The van der Waals surface area contributed by atoms with Gasteiger partial charge in [0.25, 0.3) is 5.91 Å². The van der Waals surface area contributed by atoms with Crippen molar-refractivity contribution < 1.29 is 24.0 Å². The summed E-state index contributed by atoms with van der Waals surface area (Å²) in [7, 11) is 0. The molecule has 0 fully saturated rings. The Labute approximate surface area is 269 Å². The summed E-state index contributed by atoms with van der Waals surface area (Å²) in [5.41, 5.74) is 0.345. The van der Waals surface area contributed by atoms with Gasteiger partial charge in [-0.3, -0.25) is 29.0 Å². The Kier molecular flexibility index (Phi) is 18.0. The SMILES string of the molecule is CCC[C@H](NC(=O)[C@@H](NC(=O)c1cccnc1)[C@@H](C)CC)C(=O)N[C@H](CN[C@@H](C)C(=O)N[C@H](C(=O)NCC)C(C)C)CC(C)C. The highest BCUT2D eigenvalue weighted by Crippen LogP contribution is 2.12. The summed E-state index contributed by atoms with van der Waals surface area (Å²) in [4.78, 5) is 69.2. The van der Waals surface area contributed by atoms with Crippen LogP contribution in [0, 0.1) is 17.8 Å². The maximum Gasteiger partial charge on any atom is 0.253 e. The van der Waals surface area contributed by atoms with Gasteiger partial charge >= 0.3 is 0 Å². The van der Waals surface area contributed by atoms with Gasteiger partial charge in [-0.1, -0.05) is 61.3 Å². The molecule has 0 aromatic carbocycles. The highest BCUT2D eigenvalue weighted by atomic mass is 16.2. The molecule has 0 radical (unpaired) electrons. The molecule has 1 rings (SSSR count). The largest absolute Gasteiger partial charge is 0.355 e. The van der Waals surface area contributed by atoms with Crippen molar-refractivity contribution in [3.63, 3.8) is 0 Å². The number of rotatable bonds is 20. The Morgan fingerprint density at radius 2 is 1.49 bits per heavy atom. The third kappa shape index (κ3) is 14.0. The predicted octanol–water partition coefficient (Wildman–Crippen LogP) is 2.30. The summed E-state index contributed by atoms with van der Waals surface area (Å²) < 4.78 is 0. The van der Waals surface area contributed by atoms with Gasteiger partial charge in [-0.25, -0.2) is 0 Å². The lowest BCUT2D eigenvalue weighted by Gasteiger charge is -2.29. The predicted molar refractivity (Wildman–Crippen MR) is 176 cm³/mol. The molecule has 12 nitrogen and oxygen atoms in total. The van der Waals surface area contributed by atoms with Crippen molar-refractivity contribution in [3.05, 3.63) is 30.1 Å². The van der Waals surface area contributed by atoms with Crippen LogP contribution in [0.5, 0.6) is 0 Å². The van der Waals surface area contributed by atoms with Gasteiger partial charge in [0.05, 0.1) is 11.6 Å². The molecule has 0 aliphatic carbocycles. The van der Waals surface area contributed by atoms with Crippen LogP contribution in [-0.2, 0) is 19.2 Å². The Morgan fingerprint density at radius 1 is 0.800 bits per heavy atom. The van der Waals surface area contributed by atoms with Crippen molar-refractivity contribution in [2.24, 2.45) is 17.8 Å². The fourth-order valence-electron chi connectivity index (χ4n) is 4.82. The summed E-state index contributed by atoms with van der Waals surface area (Å²) >= 11 is 0. The first-order chi connectivity index (χ1) is 21.2. The van der Waals surface area contributed by atoms with Crippen LogP contribution in [0.15, 0.2) is 24.5 Å². The minimum Gasteiger partial charge on any atom is -0.355 e. The van der Waals surface area contributed by atoms with Crippen LogP contribution in [0.2, 0.25) is 0 Å². The van der Waals surface area contributed by atoms with E-state index in [1.165, 1.54) is 6.20 Å². The molecule has 0 unspecified atom stereocenters. The van der Waals surface area contributed by atoms with E-state index in [0.717, 1.165) is 0 Å². The average Bonchev–Trinajstić information content (AvgIpc) is 3.00. The van der Waals surface area contributed by atoms with Gasteiger partial charge in [0.1, 0.15) is 18.1 Å². The number of nitrogens with zero attached hydrogens (tertiary/aromatic N) is 1. The molecule has 1 aromatic heterocycles. The first-order valence-corrected chi connectivity index (χ1v) is 16.4. The number of hydrogen-bond acceptors (Lipinski definition) is 7. The molecule has 0 aliphatic rings. The van der Waals surface area contributed by atoms with Crippen LogP contribution in [-0.4, -0.2) is 77.8 Å². The average molecular weight is 632 g/mol. The van der Waals surface area contributed by atoms with E-state index < -0.39 is 36.0 Å². The lowest BCUT2D eigenvalue weighted by molar-refractivity contribution is -0.131. The number of carbonyl (C=O) groups is 5. The van der Waals surface area contributed by atoms with Gasteiger partial charge in [-0.15, -0.1) is 0 Å². The monoisotopic (exact) mass is 631 g/mol.